The molecule has 1 amide bonds. The first-order chi connectivity index (χ1) is 12.1. The lowest BCUT2D eigenvalue weighted by Crippen LogP contribution is -2.41. The van der Waals surface area contributed by atoms with Gasteiger partial charge in [0.15, 0.2) is 0 Å². The zero-order valence-corrected chi connectivity index (χ0v) is 18.5. The molecule has 0 aliphatic heterocycles. The van der Waals surface area contributed by atoms with Gasteiger partial charge in [0.2, 0.25) is 0 Å². The van der Waals surface area contributed by atoms with Gasteiger partial charge in [0.25, 0.3) is 0 Å². The van der Waals surface area contributed by atoms with Crippen molar-refractivity contribution in [3.8, 4) is 0 Å². The summed E-state index contributed by atoms with van der Waals surface area (Å²) in [6.07, 6.45) is 0.408. The maximum atomic E-state index is 12.2. The van der Waals surface area contributed by atoms with E-state index in [2.05, 4.69) is 46.1 Å². The van der Waals surface area contributed by atoms with Crippen LogP contribution in [0.2, 0.25) is 5.02 Å². The number of nitrogens with one attached hydrogen (secondary N) is 1. The minimum Gasteiger partial charge on any atom is -0.444 e. The molecule has 0 bridgehead atoms. The Kier molecular flexibility index (Phi) is 7.35. The Morgan fingerprint density at radius 1 is 1.19 bits per heavy atom. The second-order valence-electron chi connectivity index (χ2n) is 7.43. The van der Waals surface area contributed by atoms with Crippen LogP contribution in [0.4, 0.5) is 4.79 Å². The van der Waals surface area contributed by atoms with Crippen LogP contribution >= 0.6 is 34.2 Å². The van der Waals surface area contributed by atoms with Crippen LogP contribution in [0.1, 0.15) is 44.7 Å². The van der Waals surface area contributed by atoms with Crippen molar-refractivity contribution in [2.45, 2.75) is 51.7 Å². The van der Waals surface area contributed by atoms with Crippen LogP contribution in [0.25, 0.3) is 0 Å². The van der Waals surface area contributed by atoms with Crippen LogP contribution in [0, 0.1) is 3.57 Å². The number of carbonyl (C=O) groups excluding carboxylic acids is 1. The first-order valence-corrected chi connectivity index (χ1v) is 10.1. The van der Waals surface area contributed by atoms with Gasteiger partial charge in [-0.3, -0.25) is 0 Å². The number of benzene rings is 2. The van der Waals surface area contributed by atoms with Crippen LogP contribution in [0.15, 0.2) is 48.5 Å². The fraction of sp³-hybridized carbons (Fsp3) is 0.381. The number of alkyl carbamates (subject to hydrolysis) is 1. The fourth-order valence-electron chi connectivity index (χ4n) is 2.79. The molecule has 140 valence electrons. The highest BCUT2D eigenvalue weighted by Crippen LogP contribution is 2.27. The Morgan fingerprint density at radius 3 is 2.42 bits per heavy atom. The number of hydrogen-bond acceptors (Lipinski definition) is 2. The van der Waals surface area contributed by atoms with Gasteiger partial charge in [0, 0.05) is 20.6 Å². The highest BCUT2D eigenvalue weighted by atomic mass is 127. The first kappa shape index (κ1) is 21.0. The first-order valence-electron chi connectivity index (χ1n) is 8.63. The molecule has 0 spiro atoms. The Bertz CT molecular complexity index is 740. The van der Waals surface area contributed by atoms with Gasteiger partial charge in [-0.1, -0.05) is 35.9 Å². The average molecular weight is 486 g/mol. The third-order valence-corrected chi connectivity index (χ3v) is 4.92. The van der Waals surface area contributed by atoms with Crippen LogP contribution < -0.4 is 5.32 Å². The molecule has 0 saturated carbocycles. The number of amides is 1. The number of hydrogen-bond donors (Lipinski definition) is 1. The predicted octanol–water partition coefficient (Wildman–Crippen LogP) is 6.18. The maximum absolute atomic E-state index is 12.2. The van der Waals surface area contributed by atoms with E-state index in [9.17, 15) is 4.79 Å². The minimum absolute atomic E-state index is 0.0845. The molecule has 26 heavy (non-hydrogen) atoms. The Labute approximate surface area is 174 Å². The van der Waals surface area contributed by atoms with Crippen molar-refractivity contribution in [3.63, 3.8) is 0 Å². The third-order valence-electron chi connectivity index (χ3n) is 3.99. The monoisotopic (exact) mass is 485 g/mol. The molecule has 0 radical (unpaired) electrons. The van der Waals surface area contributed by atoms with Crippen molar-refractivity contribution in [2.24, 2.45) is 0 Å². The van der Waals surface area contributed by atoms with Gasteiger partial charge >= 0.3 is 6.09 Å². The standard InChI is InChI=1S/C21H25ClINO2/c1-14(24-20(25)26-21(2,3)4)19(16-6-5-7-18(23)13-16)12-15-8-10-17(22)11-9-15/h5-11,13-14,19H,12H2,1-4H3,(H,24,25). The van der Waals surface area contributed by atoms with Gasteiger partial charge in [-0.2, -0.15) is 0 Å². The van der Waals surface area contributed by atoms with E-state index in [0.717, 1.165) is 11.4 Å². The smallest absolute Gasteiger partial charge is 0.407 e. The molecule has 2 aromatic carbocycles. The van der Waals surface area contributed by atoms with E-state index in [1.165, 1.54) is 14.7 Å². The summed E-state index contributed by atoms with van der Waals surface area (Å²) in [5.74, 6) is 0.124. The van der Waals surface area contributed by atoms with Gasteiger partial charge in [-0.05, 0) is 92.1 Å². The van der Waals surface area contributed by atoms with Crippen LogP contribution in [0.5, 0.6) is 0 Å². The van der Waals surface area contributed by atoms with Crippen molar-refractivity contribution >= 4 is 40.3 Å². The van der Waals surface area contributed by atoms with E-state index in [-0.39, 0.29) is 12.0 Å². The van der Waals surface area contributed by atoms with Crippen molar-refractivity contribution < 1.29 is 9.53 Å². The second kappa shape index (κ2) is 9.09. The van der Waals surface area contributed by atoms with Crippen molar-refractivity contribution in [1.29, 1.82) is 0 Å². The molecular formula is C21H25ClINO2. The molecule has 0 saturated heterocycles. The summed E-state index contributed by atoms with van der Waals surface area (Å²) in [5, 5.41) is 3.72. The van der Waals surface area contributed by atoms with E-state index in [4.69, 9.17) is 16.3 Å². The summed E-state index contributed by atoms with van der Waals surface area (Å²) in [4.78, 5) is 12.2. The summed E-state index contributed by atoms with van der Waals surface area (Å²) >= 11 is 8.32. The Morgan fingerprint density at radius 2 is 1.85 bits per heavy atom. The summed E-state index contributed by atoms with van der Waals surface area (Å²) in [6, 6.07) is 16.2. The van der Waals surface area contributed by atoms with Crippen molar-refractivity contribution in [3.05, 3.63) is 68.3 Å². The highest BCUT2D eigenvalue weighted by Gasteiger charge is 2.24. The lowest BCUT2D eigenvalue weighted by Gasteiger charge is -2.28. The summed E-state index contributed by atoms with van der Waals surface area (Å²) in [6.45, 7) is 7.61. The molecule has 1 N–H and O–H groups in total. The molecule has 2 rings (SSSR count). The number of ether oxygens (including phenoxy) is 1. The van der Waals surface area contributed by atoms with Gasteiger partial charge in [0.1, 0.15) is 5.60 Å². The molecule has 0 aromatic heterocycles. The third kappa shape index (κ3) is 6.80. The lowest BCUT2D eigenvalue weighted by atomic mass is 9.86. The SMILES string of the molecule is CC(NC(=O)OC(C)(C)C)C(Cc1ccc(Cl)cc1)c1cccc(I)c1. The maximum Gasteiger partial charge on any atom is 0.407 e. The zero-order chi connectivity index (χ0) is 19.3. The van der Waals surface area contributed by atoms with Crippen LogP contribution in [0.3, 0.4) is 0 Å². The predicted molar refractivity (Wildman–Crippen MR) is 116 cm³/mol. The molecule has 2 atom stereocenters. The van der Waals surface area contributed by atoms with E-state index in [0.29, 0.717) is 0 Å². The Hall–Kier alpha value is -1.27. The normalized spacial score (nSPS) is 13.8. The highest BCUT2D eigenvalue weighted by molar-refractivity contribution is 14.1. The Balaban J connectivity index is 2.22. The van der Waals surface area contributed by atoms with Gasteiger partial charge in [0.05, 0.1) is 0 Å². The van der Waals surface area contributed by atoms with Gasteiger partial charge in [-0.15, -0.1) is 0 Å². The largest absolute Gasteiger partial charge is 0.444 e. The zero-order valence-electron chi connectivity index (χ0n) is 15.6. The molecule has 2 unspecified atom stereocenters. The summed E-state index contributed by atoms with van der Waals surface area (Å²) in [7, 11) is 0. The quantitative estimate of drug-likeness (QED) is 0.513. The van der Waals surface area contributed by atoms with E-state index < -0.39 is 11.7 Å². The molecule has 2 aromatic rings. The molecule has 3 nitrogen and oxygen atoms in total. The topological polar surface area (TPSA) is 38.3 Å². The molecular weight excluding hydrogens is 461 g/mol. The van der Waals surface area contributed by atoms with Crippen LogP contribution in [-0.4, -0.2) is 17.7 Å². The summed E-state index contributed by atoms with van der Waals surface area (Å²) in [5.41, 5.74) is 1.85. The average Bonchev–Trinajstić information content (AvgIpc) is 2.52. The number of halogens is 2. The molecule has 0 aliphatic carbocycles. The molecule has 0 heterocycles. The molecule has 0 aliphatic rings. The van der Waals surface area contributed by atoms with Crippen LogP contribution in [-0.2, 0) is 11.2 Å². The van der Waals surface area contributed by atoms with Gasteiger partial charge in [-0.25, -0.2) is 4.79 Å². The second-order valence-corrected chi connectivity index (χ2v) is 9.11. The molecule has 5 heteroatoms. The van der Waals surface area contributed by atoms with E-state index in [1.807, 2.05) is 58.0 Å². The number of carbonyl (C=O) groups is 1. The van der Waals surface area contributed by atoms with Crippen molar-refractivity contribution in [1.82, 2.24) is 5.32 Å². The lowest BCUT2D eigenvalue weighted by molar-refractivity contribution is 0.0501. The molecule has 0 fully saturated rings. The summed E-state index contributed by atoms with van der Waals surface area (Å²) < 4.78 is 6.59. The fourth-order valence-corrected chi connectivity index (χ4v) is 3.48. The van der Waals surface area contributed by atoms with Gasteiger partial charge < -0.3 is 10.1 Å². The number of rotatable bonds is 5. The van der Waals surface area contributed by atoms with E-state index >= 15 is 0 Å². The minimum atomic E-state index is -0.516. The van der Waals surface area contributed by atoms with Crippen molar-refractivity contribution in [2.75, 3.05) is 0 Å². The van der Waals surface area contributed by atoms with E-state index in [1.54, 1.807) is 0 Å².